The van der Waals surface area contributed by atoms with E-state index in [-0.39, 0.29) is 5.91 Å². The Morgan fingerprint density at radius 2 is 2.13 bits per heavy atom. The van der Waals surface area contributed by atoms with Crippen LogP contribution < -0.4 is 5.32 Å². The standard InChI is InChI=1S/C18H27N3O2/c1-23-9-8-21(13-17-4-2-3-7-19-17)18(22)12-14-10-15-5-6-16(11-14)20-15/h2-4,7,14-16,20H,5-6,8-13H2,1H3. The zero-order valence-electron chi connectivity index (χ0n) is 13.9. The van der Waals surface area contributed by atoms with Crippen LogP contribution in [0.25, 0.3) is 0 Å². The van der Waals surface area contributed by atoms with E-state index in [4.69, 9.17) is 4.74 Å². The zero-order valence-corrected chi connectivity index (χ0v) is 13.9. The van der Waals surface area contributed by atoms with Crippen molar-refractivity contribution in [3.8, 4) is 0 Å². The quantitative estimate of drug-likeness (QED) is 0.835. The fraction of sp³-hybridized carbons (Fsp3) is 0.667. The maximum atomic E-state index is 12.8. The third-order valence-electron chi connectivity index (χ3n) is 5.03. The molecular weight excluding hydrogens is 290 g/mol. The molecule has 2 saturated heterocycles. The number of pyridine rings is 1. The average Bonchev–Trinajstić information content (AvgIpc) is 2.91. The van der Waals surface area contributed by atoms with Gasteiger partial charge in [0.05, 0.1) is 18.8 Å². The highest BCUT2D eigenvalue weighted by molar-refractivity contribution is 5.76. The van der Waals surface area contributed by atoms with Gasteiger partial charge in [0.25, 0.3) is 0 Å². The van der Waals surface area contributed by atoms with Crippen molar-refractivity contribution in [2.75, 3.05) is 20.3 Å². The maximum Gasteiger partial charge on any atom is 0.223 e. The van der Waals surface area contributed by atoms with Gasteiger partial charge in [-0.05, 0) is 43.7 Å². The lowest BCUT2D eigenvalue weighted by atomic mass is 9.89. The molecule has 0 saturated carbocycles. The lowest BCUT2D eigenvalue weighted by Gasteiger charge is -2.30. The zero-order chi connectivity index (χ0) is 16.1. The summed E-state index contributed by atoms with van der Waals surface area (Å²) in [4.78, 5) is 19.0. The third kappa shape index (κ3) is 4.52. The van der Waals surface area contributed by atoms with Gasteiger partial charge in [-0.1, -0.05) is 6.07 Å². The molecular formula is C18H27N3O2. The molecule has 23 heavy (non-hydrogen) atoms. The van der Waals surface area contributed by atoms with Crippen LogP contribution in [0, 0.1) is 5.92 Å². The first-order valence-corrected chi connectivity index (χ1v) is 8.67. The average molecular weight is 317 g/mol. The number of carbonyl (C=O) groups is 1. The predicted molar refractivity (Wildman–Crippen MR) is 88.8 cm³/mol. The summed E-state index contributed by atoms with van der Waals surface area (Å²) in [7, 11) is 1.67. The van der Waals surface area contributed by atoms with Gasteiger partial charge in [-0.15, -0.1) is 0 Å². The van der Waals surface area contributed by atoms with E-state index in [1.165, 1.54) is 12.8 Å². The largest absolute Gasteiger partial charge is 0.383 e. The molecule has 3 heterocycles. The molecule has 1 aromatic rings. The Morgan fingerprint density at radius 3 is 2.78 bits per heavy atom. The number of aromatic nitrogens is 1. The molecule has 1 N–H and O–H groups in total. The first-order valence-electron chi connectivity index (χ1n) is 8.67. The normalized spacial score (nSPS) is 26.2. The number of hydrogen-bond acceptors (Lipinski definition) is 4. The van der Waals surface area contributed by atoms with Crippen LogP contribution in [-0.2, 0) is 16.1 Å². The Morgan fingerprint density at radius 1 is 1.35 bits per heavy atom. The Balaban J connectivity index is 1.58. The number of amides is 1. The number of piperidine rings is 1. The molecule has 0 radical (unpaired) electrons. The summed E-state index contributed by atoms with van der Waals surface area (Å²) in [6.07, 6.45) is 7.27. The van der Waals surface area contributed by atoms with Gasteiger partial charge in [0.1, 0.15) is 0 Å². The van der Waals surface area contributed by atoms with Crippen LogP contribution in [-0.4, -0.2) is 48.1 Å². The highest BCUT2D eigenvalue weighted by atomic mass is 16.5. The van der Waals surface area contributed by atoms with E-state index in [0.29, 0.717) is 44.1 Å². The molecule has 2 fully saturated rings. The lowest BCUT2D eigenvalue weighted by molar-refractivity contribution is -0.133. The second kappa shape index (κ2) is 7.88. The Bertz CT molecular complexity index is 496. The summed E-state index contributed by atoms with van der Waals surface area (Å²) in [6.45, 7) is 1.76. The molecule has 5 nitrogen and oxygen atoms in total. The monoisotopic (exact) mass is 317 g/mol. The highest BCUT2D eigenvalue weighted by Crippen LogP contribution is 2.33. The Labute approximate surface area is 138 Å². The first-order chi connectivity index (χ1) is 11.2. The second-order valence-corrected chi connectivity index (χ2v) is 6.81. The van der Waals surface area contributed by atoms with Crippen molar-refractivity contribution in [1.82, 2.24) is 15.2 Å². The smallest absolute Gasteiger partial charge is 0.223 e. The van der Waals surface area contributed by atoms with E-state index < -0.39 is 0 Å². The van der Waals surface area contributed by atoms with Gasteiger partial charge < -0.3 is 15.0 Å². The maximum absolute atomic E-state index is 12.8. The lowest BCUT2D eigenvalue weighted by Crippen LogP contribution is -2.41. The van der Waals surface area contributed by atoms with Crippen molar-refractivity contribution in [2.45, 2.75) is 50.7 Å². The number of fused-ring (bicyclic) bond motifs is 2. The molecule has 126 valence electrons. The minimum Gasteiger partial charge on any atom is -0.383 e. The van der Waals surface area contributed by atoms with Crippen LogP contribution in [0.1, 0.15) is 37.8 Å². The van der Waals surface area contributed by atoms with E-state index >= 15 is 0 Å². The Kier molecular flexibility index (Phi) is 5.62. The van der Waals surface area contributed by atoms with Gasteiger partial charge in [0.2, 0.25) is 5.91 Å². The molecule has 2 bridgehead atoms. The summed E-state index contributed by atoms with van der Waals surface area (Å²) in [5.41, 5.74) is 0.933. The van der Waals surface area contributed by atoms with Gasteiger partial charge in [-0.25, -0.2) is 0 Å². The van der Waals surface area contributed by atoms with Crippen LogP contribution in [0.15, 0.2) is 24.4 Å². The fourth-order valence-corrected chi connectivity index (χ4v) is 3.90. The van der Waals surface area contributed by atoms with Gasteiger partial charge in [-0.3, -0.25) is 9.78 Å². The topological polar surface area (TPSA) is 54.5 Å². The molecule has 0 spiro atoms. The number of carbonyl (C=O) groups excluding carboxylic acids is 1. The number of ether oxygens (including phenoxy) is 1. The van der Waals surface area contributed by atoms with E-state index in [0.717, 1.165) is 18.5 Å². The molecule has 1 aromatic heterocycles. The van der Waals surface area contributed by atoms with E-state index in [9.17, 15) is 4.79 Å². The molecule has 1 amide bonds. The number of nitrogens with one attached hydrogen (secondary N) is 1. The summed E-state index contributed by atoms with van der Waals surface area (Å²) >= 11 is 0. The van der Waals surface area contributed by atoms with Gasteiger partial charge in [0, 0.05) is 38.4 Å². The van der Waals surface area contributed by atoms with Crippen LogP contribution >= 0.6 is 0 Å². The molecule has 3 rings (SSSR count). The highest BCUT2D eigenvalue weighted by Gasteiger charge is 2.34. The minimum absolute atomic E-state index is 0.235. The number of methoxy groups -OCH3 is 1. The van der Waals surface area contributed by atoms with Crippen molar-refractivity contribution in [3.63, 3.8) is 0 Å². The van der Waals surface area contributed by atoms with Crippen LogP contribution in [0.2, 0.25) is 0 Å². The van der Waals surface area contributed by atoms with Gasteiger partial charge in [-0.2, -0.15) is 0 Å². The number of rotatable bonds is 7. The van der Waals surface area contributed by atoms with Crippen molar-refractivity contribution in [3.05, 3.63) is 30.1 Å². The third-order valence-corrected chi connectivity index (χ3v) is 5.03. The molecule has 0 aromatic carbocycles. The van der Waals surface area contributed by atoms with Crippen molar-refractivity contribution in [1.29, 1.82) is 0 Å². The molecule has 2 aliphatic heterocycles. The van der Waals surface area contributed by atoms with Crippen LogP contribution in [0.5, 0.6) is 0 Å². The van der Waals surface area contributed by atoms with E-state index in [1.54, 1.807) is 13.3 Å². The number of nitrogens with zero attached hydrogens (tertiary/aromatic N) is 2. The van der Waals surface area contributed by atoms with Gasteiger partial charge >= 0.3 is 0 Å². The summed E-state index contributed by atoms with van der Waals surface area (Å²) < 4.78 is 5.17. The molecule has 0 aliphatic carbocycles. The second-order valence-electron chi connectivity index (χ2n) is 6.81. The van der Waals surface area contributed by atoms with E-state index in [1.807, 2.05) is 23.1 Å². The van der Waals surface area contributed by atoms with E-state index in [2.05, 4.69) is 10.3 Å². The summed E-state index contributed by atoms with van der Waals surface area (Å²) in [5.74, 6) is 0.758. The molecule has 5 heteroatoms. The van der Waals surface area contributed by atoms with Crippen molar-refractivity contribution in [2.24, 2.45) is 5.92 Å². The fourth-order valence-electron chi connectivity index (χ4n) is 3.90. The SMILES string of the molecule is COCCN(Cc1ccccn1)C(=O)CC1CC2CCC(C1)N2. The molecule has 2 aliphatic rings. The van der Waals surface area contributed by atoms with Crippen molar-refractivity contribution >= 4 is 5.91 Å². The van der Waals surface area contributed by atoms with Crippen LogP contribution in [0.3, 0.4) is 0 Å². The predicted octanol–water partition coefficient (Wildman–Crippen LogP) is 1.98. The molecule has 2 atom stereocenters. The minimum atomic E-state index is 0.235. The Hall–Kier alpha value is -1.46. The van der Waals surface area contributed by atoms with Gasteiger partial charge in [0.15, 0.2) is 0 Å². The van der Waals surface area contributed by atoms with Crippen LogP contribution in [0.4, 0.5) is 0 Å². The summed E-state index contributed by atoms with van der Waals surface area (Å²) in [5, 5.41) is 3.64. The summed E-state index contributed by atoms with van der Waals surface area (Å²) in [6, 6.07) is 7.10. The number of hydrogen-bond donors (Lipinski definition) is 1. The van der Waals surface area contributed by atoms with Crippen molar-refractivity contribution < 1.29 is 9.53 Å². The first kappa shape index (κ1) is 16.4. The molecule has 2 unspecified atom stereocenters.